The van der Waals surface area contributed by atoms with Crippen LogP contribution >= 0.6 is 11.6 Å². The van der Waals surface area contributed by atoms with Gasteiger partial charge in [0.2, 0.25) is 11.8 Å². The number of nitrogens with one attached hydrogen (secondary N) is 1. The molecule has 0 aliphatic carbocycles. The molecular weight excluding hydrogens is 358 g/mol. The molecule has 0 aliphatic heterocycles. The molecule has 0 saturated carbocycles. The van der Waals surface area contributed by atoms with Gasteiger partial charge in [-0.25, -0.2) is 4.79 Å². The van der Waals surface area contributed by atoms with Crippen LogP contribution in [-0.4, -0.2) is 28.8 Å². The third-order valence-electron chi connectivity index (χ3n) is 3.43. The highest BCUT2D eigenvalue weighted by atomic mass is 35.5. The summed E-state index contributed by atoms with van der Waals surface area (Å²) in [6.07, 6.45) is 0. The molecule has 1 aromatic heterocycles. The van der Waals surface area contributed by atoms with Crippen molar-refractivity contribution < 1.29 is 13.9 Å². The summed E-state index contributed by atoms with van der Waals surface area (Å²) in [6.45, 7) is 0.353. The Morgan fingerprint density at radius 1 is 1.15 bits per heavy atom. The molecule has 7 nitrogen and oxygen atoms in total. The van der Waals surface area contributed by atoms with Crippen molar-refractivity contribution in [3.8, 4) is 17.2 Å². The van der Waals surface area contributed by atoms with Crippen molar-refractivity contribution in [1.29, 1.82) is 0 Å². The monoisotopic (exact) mass is 373 g/mol. The molecular formula is C18H16ClN3O4. The average Bonchev–Trinajstić information content (AvgIpc) is 3.01. The van der Waals surface area contributed by atoms with E-state index >= 15 is 0 Å². The maximum atomic E-state index is 11.9. The maximum Gasteiger partial charge on any atom is 0.437 e. The van der Waals surface area contributed by atoms with E-state index in [0.29, 0.717) is 22.9 Å². The molecule has 0 bridgehead atoms. The Balaban J connectivity index is 1.48. The van der Waals surface area contributed by atoms with Gasteiger partial charge < -0.3 is 14.5 Å². The van der Waals surface area contributed by atoms with E-state index in [9.17, 15) is 9.59 Å². The molecule has 8 heteroatoms. The van der Waals surface area contributed by atoms with Gasteiger partial charge in [-0.15, -0.1) is 5.10 Å². The summed E-state index contributed by atoms with van der Waals surface area (Å²) in [5, 5.41) is 7.32. The van der Waals surface area contributed by atoms with Gasteiger partial charge in [-0.1, -0.05) is 29.8 Å². The minimum atomic E-state index is -0.684. The Hall–Kier alpha value is -3.06. The predicted octanol–water partition coefficient (Wildman–Crippen LogP) is 2.35. The van der Waals surface area contributed by atoms with Gasteiger partial charge >= 0.3 is 5.76 Å². The van der Waals surface area contributed by atoms with E-state index in [2.05, 4.69) is 10.4 Å². The molecule has 3 rings (SSSR count). The number of aromatic nitrogens is 2. The van der Waals surface area contributed by atoms with Crippen LogP contribution in [0.5, 0.6) is 5.75 Å². The Morgan fingerprint density at radius 2 is 1.88 bits per heavy atom. The number of ether oxygens (including phenoxy) is 1. The molecule has 0 fully saturated rings. The molecule has 0 atom stereocenters. The molecule has 0 unspecified atom stereocenters. The normalized spacial score (nSPS) is 10.5. The first-order valence-electron chi connectivity index (χ1n) is 7.90. The summed E-state index contributed by atoms with van der Waals surface area (Å²) in [6, 6.07) is 15.9. The summed E-state index contributed by atoms with van der Waals surface area (Å²) < 4.78 is 11.5. The Labute approximate surface area is 154 Å². The van der Waals surface area contributed by atoms with Gasteiger partial charge in [0.15, 0.2) is 0 Å². The molecule has 1 amide bonds. The number of hydrogen-bond acceptors (Lipinski definition) is 5. The average molecular weight is 374 g/mol. The number of nitrogens with zero attached hydrogens (tertiary/aromatic N) is 2. The number of rotatable bonds is 7. The van der Waals surface area contributed by atoms with Crippen LogP contribution in [0.25, 0.3) is 11.5 Å². The molecule has 0 saturated heterocycles. The van der Waals surface area contributed by atoms with Gasteiger partial charge in [0, 0.05) is 10.6 Å². The van der Waals surface area contributed by atoms with E-state index in [1.165, 1.54) is 0 Å². The summed E-state index contributed by atoms with van der Waals surface area (Å²) in [5.74, 6) is -0.213. The first kappa shape index (κ1) is 17.8. The highest BCUT2D eigenvalue weighted by Crippen LogP contribution is 2.15. The van der Waals surface area contributed by atoms with Crippen LogP contribution < -0.4 is 15.8 Å². The zero-order valence-electron chi connectivity index (χ0n) is 13.7. The van der Waals surface area contributed by atoms with Crippen LogP contribution in [0.1, 0.15) is 0 Å². The van der Waals surface area contributed by atoms with Crippen molar-refractivity contribution in [2.45, 2.75) is 6.54 Å². The van der Waals surface area contributed by atoms with E-state index < -0.39 is 5.76 Å². The number of carbonyl (C=O) groups excluding carboxylic acids is 1. The topological polar surface area (TPSA) is 86.4 Å². The summed E-state index contributed by atoms with van der Waals surface area (Å²) >= 11 is 5.79. The highest BCUT2D eigenvalue weighted by molar-refractivity contribution is 6.30. The van der Waals surface area contributed by atoms with Crippen molar-refractivity contribution in [2.24, 2.45) is 0 Å². The molecule has 1 N–H and O–H groups in total. The van der Waals surface area contributed by atoms with Gasteiger partial charge in [-0.3, -0.25) is 4.79 Å². The Bertz CT molecular complexity index is 920. The van der Waals surface area contributed by atoms with Crippen LogP contribution in [0, 0.1) is 0 Å². The lowest BCUT2D eigenvalue weighted by Crippen LogP contribution is -2.33. The van der Waals surface area contributed by atoms with Crippen molar-refractivity contribution >= 4 is 17.5 Å². The van der Waals surface area contributed by atoms with Crippen molar-refractivity contribution in [2.75, 3.05) is 13.2 Å². The summed E-state index contributed by atoms with van der Waals surface area (Å²) in [4.78, 5) is 23.8. The lowest BCUT2D eigenvalue weighted by molar-refractivity contribution is -0.122. The first-order chi connectivity index (χ1) is 12.6. The molecule has 0 aliphatic rings. The standard InChI is InChI=1S/C18H16ClN3O4/c19-14-6-8-15(9-7-14)25-11-10-20-16(23)12-22-18(24)26-17(21-22)13-4-2-1-3-5-13/h1-9H,10-12H2,(H,20,23). The minimum absolute atomic E-state index is 0.175. The SMILES string of the molecule is O=C(Cn1nc(-c2ccccc2)oc1=O)NCCOc1ccc(Cl)cc1. The molecule has 0 spiro atoms. The highest BCUT2D eigenvalue weighted by Gasteiger charge is 2.12. The summed E-state index contributed by atoms with van der Waals surface area (Å²) in [5.41, 5.74) is 0.667. The van der Waals surface area contributed by atoms with Gasteiger partial charge in [0.05, 0.1) is 6.54 Å². The van der Waals surface area contributed by atoms with Gasteiger partial charge in [-0.05, 0) is 36.4 Å². The first-order valence-corrected chi connectivity index (χ1v) is 8.28. The van der Waals surface area contributed by atoms with Crippen molar-refractivity contribution in [3.05, 3.63) is 70.2 Å². The second-order valence-electron chi connectivity index (χ2n) is 5.35. The zero-order chi connectivity index (χ0) is 18.4. The maximum absolute atomic E-state index is 11.9. The lowest BCUT2D eigenvalue weighted by atomic mass is 10.2. The molecule has 0 radical (unpaired) electrons. The van der Waals surface area contributed by atoms with Crippen LogP contribution in [0.2, 0.25) is 5.02 Å². The summed E-state index contributed by atoms with van der Waals surface area (Å²) in [7, 11) is 0. The third kappa shape index (κ3) is 4.73. The zero-order valence-corrected chi connectivity index (χ0v) is 14.5. The van der Waals surface area contributed by atoms with E-state index in [0.717, 1.165) is 4.68 Å². The number of amides is 1. The number of benzene rings is 2. The van der Waals surface area contributed by atoms with E-state index in [1.807, 2.05) is 18.2 Å². The minimum Gasteiger partial charge on any atom is -0.492 e. The predicted molar refractivity (Wildman–Crippen MR) is 96.2 cm³/mol. The van der Waals surface area contributed by atoms with Crippen molar-refractivity contribution in [1.82, 2.24) is 15.1 Å². The van der Waals surface area contributed by atoms with Crippen LogP contribution in [-0.2, 0) is 11.3 Å². The molecule has 2 aromatic carbocycles. The third-order valence-corrected chi connectivity index (χ3v) is 3.68. The fraction of sp³-hybridized carbons (Fsp3) is 0.167. The second-order valence-corrected chi connectivity index (χ2v) is 5.79. The van der Waals surface area contributed by atoms with Gasteiger partial charge in [0.25, 0.3) is 0 Å². The molecule has 134 valence electrons. The second kappa shape index (κ2) is 8.35. The van der Waals surface area contributed by atoms with E-state index in [4.69, 9.17) is 20.8 Å². The van der Waals surface area contributed by atoms with Crippen LogP contribution in [0.15, 0.2) is 63.8 Å². The Morgan fingerprint density at radius 3 is 2.62 bits per heavy atom. The fourth-order valence-corrected chi connectivity index (χ4v) is 2.31. The largest absolute Gasteiger partial charge is 0.492 e. The number of hydrogen-bond donors (Lipinski definition) is 1. The fourth-order valence-electron chi connectivity index (χ4n) is 2.19. The van der Waals surface area contributed by atoms with Crippen molar-refractivity contribution in [3.63, 3.8) is 0 Å². The molecule has 26 heavy (non-hydrogen) atoms. The number of halogens is 1. The van der Waals surface area contributed by atoms with E-state index in [1.54, 1.807) is 36.4 Å². The van der Waals surface area contributed by atoms with Crippen LogP contribution in [0.4, 0.5) is 0 Å². The Kier molecular flexibility index (Phi) is 5.70. The van der Waals surface area contributed by atoms with E-state index in [-0.39, 0.29) is 24.9 Å². The lowest BCUT2D eigenvalue weighted by Gasteiger charge is -2.07. The quantitative estimate of drug-likeness (QED) is 0.642. The van der Waals surface area contributed by atoms with Gasteiger partial charge in [0.1, 0.15) is 18.9 Å². The molecule has 1 heterocycles. The number of carbonyl (C=O) groups is 1. The van der Waals surface area contributed by atoms with Crippen LogP contribution in [0.3, 0.4) is 0 Å². The van der Waals surface area contributed by atoms with Gasteiger partial charge in [-0.2, -0.15) is 4.68 Å². The smallest absolute Gasteiger partial charge is 0.437 e. The molecule has 3 aromatic rings.